The predicted octanol–water partition coefficient (Wildman–Crippen LogP) is 1.12. The highest BCUT2D eigenvalue weighted by Gasteiger charge is 2.09. The zero-order valence-electron chi connectivity index (χ0n) is 10.2. The molecule has 0 radical (unpaired) electrons. The van der Waals surface area contributed by atoms with E-state index in [1.807, 2.05) is 0 Å². The highest BCUT2D eigenvalue weighted by atomic mass is 16.6. The number of aromatic nitrogens is 2. The summed E-state index contributed by atoms with van der Waals surface area (Å²) in [6.45, 7) is 0. The molecule has 0 saturated carbocycles. The zero-order chi connectivity index (χ0) is 14.4. The molecular weight excluding hydrogens is 260 g/mol. The van der Waals surface area contributed by atoms with E-state index in [2.05, 4.69) is 20.2 Å². The Morgan fingerprint density at radius 2 is 2.15 bits per heavy atom. The number of nitrogens with zero attached hydrogens (tertiary/aromatic N) is 5. The van der Waals surface area contributed by atoms with E-state index in [1.165, 1.54) is 30.9 Å². The predicted molar refractivity (Wildman–Crippen MR) is 73.4 cm³/mol. The summed E-state index contributed by atoms with van der Waals surface area (Å²) in [4.78, 5) is 18.1. The molecule has 1 aromatic heterocycles. The maximum Gasteiger partial charge on any atom is 0.278 e. The van der Waals surface area contributed by atoms with E-state index in [9.17, 15) is 10.1 Å². The van der Waals surface area contributed by atoms with Crippen molar-refractivity contribution < 1.29 is 4.92 Å². The highest BCUT2D eigenvalue weighted by molar-refractivity contribution is 5.95. The maximum absolute atomic E-state index is 10.8. The van der Waals surface area contributed by atoms with Gasteiger partial charge in [-0.3, -0.25) is 15.1 Å². The number of nitro groups is 1. The minimum absolute atomic E-state index is 0.0514. The zero-order valence-corrected chi connectivity index (χ0v) is 10.2. The summed E-state index contributed by atoms with van der Waals surface area (Å²) >= 11 is 0. The van der Waals surface area contributed by atoms with E-state index < -0.39 is 4.92 Å². The number of nitrogens with two attached hydrogens (primary N) is 1. The molecule has 0 aliphatic carbocycles. The molecule has 0 fully saturated rings. The van der Waals surface area contributed by atoms with Crippen molar-refractivity contribution in [2.24, 2.45) is 15.9 Å². The van der Waals surface area contributed by atoms with E-state index in [0.29, 0.717) is 11.3 Å². The molecule has 20 heavy (non-hydrogen) atoms. The average Bonchev–Trinajstić information content (AvgIpc) is 2.48. The molecule has 8 nitrogen and oxygen atoms in total. The lowest BCUT2D eigenvalue weighted by atomic mass is 10.2. The third-order valence-electron chi connectivity index (χ3n) is 2.32. The van der Waals surface area contributed by atoms with Crippen molar-refractivity contribution in [3.8, 4) is 0 Å². The Bertz CT molecular complexity index is 669. The first kappa shape index (κ1) is 13.3. The van der Waals surface area contributed by atoms with Gasteiger partial charge in [-0.25, -0.2) is 4.98 Å². The minimum atomic E-state index is -0.489. The van der Waals surface area contributed by atoms with Crippen molar-refractivity contribution in [3.05, 3.63) is 64.2 Å². The summed E-state index contributed by atoms with van der Waals surface area (Å²) in [5.74, 6) is 0.0768. The third kappa shape index (κ3) is 3.19. The quantitative estimate of drug-likeness (QED) is 0.386. The van der Waals surface area contributed by atoms with E-state index in [4.69, 9.17) is 5.73 Å². The summed E-state index contributed by atoms with van der Waals surface area (Å²) in [6, 6.07) is 6.20. The molecule has 0 bridgehead atoms. The van der Waals surface area contributed by atoms with E-state index >= 15 is 0 Å². The lowest BCUT2D eigenvalue weighted by Gasteiger charge is -1.96. The van der Waals surface area contributed by atoms with Crippen molar-refractivity contribution in [2.45, 2.75) is 0 Å². The van der Waals surface area contributed by atoms with Gasteiger partial charge in [0.25, 0.3) is 5.69 Å². The number of hydrogen-bond acceptors (Lipinski definition) is 6. The van der Waals surface area contributed by atoms with Gasteiger partial charge in [0.15, 0.2) is 5.84 Å². The average molecular weight is 270 g/mol. The van der Waals surface area contributed by atoms with Crippen LogP contribution in [0.4, 0.5) is 5.69 Å². The lowest BCUT2D eigenvalue weighted by Crippen LogP contribution is -2.14. The second-order valence-electron chi connectivity index (χ2n) is 3.64. The standard InChI is InChI=1S/C12H10N6O2/c13-12(10-8-14-5-6-15-10)17-16-7-9-3-1-2-4-11(9)18(19)20/h1-8H,(H2,13,17)/b16-7+. The summed E-state index contributed by atoms with van der Waals surface area (Å²) in [5.41, 5.74) is 6.33. The molecule has 0 unspecified atom stereocenters. The first-order valence-corrected chi connectivity index (χ1v) is 5.55. The summed E-state index contributed by atoms with van der Waals surface area (Å²) in [6.07, 6.45) is 5.69. The van der Waals surface area contributed by atoms with Crippen LogP contribution < -0.4 is 5.73 Å². The van der Waals surface area contributed by atoms with Crippen molar-refractivity contribution in [3.63, 3.8) is 0 Å². The molecular formula is C12H10N6O2. The monoisotopic (exact) mass is 270 g/mol. The molecule has 0 aliphatic heterocycles. The van der Waals surface area contributed by atoms with E-state index in [1.54, 1.807) is 18.2 Å². The fourth-order valence-electron chi connectivity index (χ4n) is 1.40. The van der Waals surface area contributed by atoms with Gasteiger partial charge in [-0.1, -0.05) is 12.1 Å². The highest BCUT2D eigenvalue weighted by Crippen LogP contribution is 2.15. The lowest BCUT2D eigenvalue weighted by molar-refractivity contribution is -0.385. The summed E-state index contributed by atoms with van der Waals surface area (Å²) < 4.78 is 0. The van der Waals surface area contributed by atoms with Crippen LogP contribution >= 0.6 is 0 Å². The van der Waals surface area contributed by atoms with Crippen LogP contribution in [0.3, 0.4) is 0 Å². The first-order chi connectivity index (χ1) is 9.68. The molecule has 0 amide bonds. The molecule has 0 saturated heterocycles. The Kier molecular flexibility index (Phi) is 4.07. The molecule has 0 aliphatic rings. The number of nitro benzene ring substituents is 1. The van der Waals surface area contributed by atoms with Gasteiger partial charge in [0.2, 0.25) is 0 Å². The van der Waals surface area contributed by atoms with Gasteiger partial charge in [-0.2, -0.15) is 5.10 Å². The molecule has 8 heteroatoms. The van der Waals surface area contributed by atoms with Crippen LogP contribution in [-0.4, -0.2) is 26.9 Å². The topological polar surface area (TPSA) is 120 Å². The van der Waals surface area contributed by atoms with Gasteiger partial charge in [-0.05, 0) is 6.07 Å². The van der Waals surface area contributed by atoms with Crippen molar-refractivity contribution in [1.82, 2.24) is 9.97 Å². The second kappa shape index (κ2) is 6.14. The fraction of sp³-hybridized carbons (Fsp3) is 0. The number of hydrogen-bond donors (Lipinski definition) is 1. The molecule has 2 aromatic rings. The Labute approximate surface area is 113 Å². The largest absolute Gasteiger partial charge is 0.380 e. The number of benzene rings is 1. The van der Waals surface area contributed by atoms with Crippen LogP contribution in [0.2, 0.25) is 0 Å². The van der Waals surface area contributed by atoms with Crippen LogP contribution in [0.15, 0.2) is 53.1 Å². The third-order valence-corrected chi connectivity index (χ3v) is 2.32. The van der Waals surface area contributed by atoms with Gasteiger partial charge in [-0.15, -0.1) is 5.10 Å². The minimum Gasteiger partial charge on any atom is -0.380 e. The van der Waals surface area contributed by atoms with Gasteiger partial charge in [0.1, 0.15) is 5.69 Å². The molecule has 1 aromatic carbocycles. The van der Waals surface area contributed by atoms with E-state index in [-0.39, 0.29) is 11.5 Å². The Hall–Kier alpha value is -3.16. The summed E-state index contributed by atoms with van der Waals surface area (Å²) in [7, 11) is 0. The number of rotatable bonds is 4. The molecule has 2 rings (SSSR count). The SMILES string of the molecule is N/C(=N\N=C\c1ccccc1[N+](=O)[O-])c1cnccn1. The molecule has 0 spiro atoms. The Morgan fingerprint density at radius 1 is 1.35 bits per heavy atom. The van der Waals surface area contributed by atoms with Crippen LogP contribution in [0, 0.1) is 10.1 Å². The maximum atomic E-state index is 10.8. The van der Waals surface area contributed by atoms with Crippen molar-refractivity contribution >= 4 is 17.7 Å². The summed E-state index contributed by atoms with van der Waals surface area (Å²) in [5, 5.41) is 18.3. The van der Waals surface area contributed by atoms with Crippen LogP contribution in [0.5, 0.6) is 0 Å². The second-order valence-corrected chi connectivity index (χ2v) is 3.64. The Balaban J connectivity index is 2.21. The van der Waals surface area contributed by atoms with Gasteiger partial charge >= 0.3 is 0 Å². The van der Waals surface area contributed by atoms with Crippen molar-refractivity contribution in [2.75, 3.05) is 0 Å². The van der Waals surface area contributed by atoms with E-state index in [0.717, 1.165) is 0 Å². The van der Waals surface area contributed by atoms with Crippen LogP contribution in [0.1, 0.15) is 11.3 Å². The number of para-hydroxylation sites is 1. The molecule has 0 atom stereocenters. The van der Waals surface area contributed by atoms with Gasteiger partial charge in [0, 0.05) is 18.5 Å². The number of amidine groups is 1. The smallest absolute Gasteiger partial charge is 0.278 e. The fourth-order valence-corrected chi connectivity index (χ4v) is 1.40. The van der Waals surface area contributed by atoms with Gasteiger partial charge in [0.05, 0.1) is 22.9 Å². The molecule has 1 heterocycles. The first-order valence-electron chi connectivity index (χ1n) is 5.55. The van der Waals surface area contributed by atoms with Crippen molar-refractivity contribution in [1.29, 1.82) is 0 Å². The van der Waals surface area contributed by atoms with Crippen LogP contribution in [-0.2, 0) is 0 Å². The van der Waals surface area contributed by atoms with Crippen LogP contribution in [0.25, 0.3) is 0 Å². The normalized spacial score (nSPS) is 11.7. The molecule has 2 N–H and O–H groups in total. The Morgan fingerprint density at radius 3 is 2.85 bits per heavy atom. The molecule has 100 valence electrons. The van der Waals surface area contributed by atoms with Gasteiger partial charge < -0.3 is 5.73 Å².